The lowest BCUT2D eigenvalue weighted by molar-refractivity contribution is 0.690. The Morgan fingerprint density at radius 1 is 1.22 bits per heavy atom. The molecule has 0 aliphatic heterocycles. The number of aromatic nitrogens is 3. The molecule has 0 saturated heterocycles. The smallest absolute Gasteiger partial charge is 0.115 e. The van der Waals surface area contributed by atoms with Gasteiger partial charge in [-0.1, -0.05) is 12.1 Å². The fourth-order valence-corrected chi connectivity index (χ4v) is 2.85. The van der Waals surface area contributed by atoms with Crippen LogP contribution >= 0.6 is 11.3 Å². The van der Waals surface area contributed by atoms with Crippen molar-refractivity contribution in [3.05, 3.63) is 53.6 Å². The highest BCUT2D eigenvalue weighted by Gasteiger charge is 2.11. The lowest BCUT2D eigenvalue weighted by atomic mass is 10.1. The first-order valence-electron chi connectivity index (χ1n) is 5.69. The van der Waals surface area contributed by atoms with Crippen molar-refractivity contribution in [3.63, 3.8) is 0 Å². The highest BCUT2D eigenvalue weighted by molar-refractivity contribution is 7.18. The first-order valence-corrected chi connectivity index (χ1v) is 6.50. The van der Waals surface area contributed by atoms with Crippen LogP contribution in [0.2, 0.25) is 0 Å². The van der Waals surface area contributed by atoms with Gasteiger partial charge in [0.1, 0.15) is 6.33 Å². The summed E-state index contributed by atoms with van der Waals surface area (Å²) in [5.41, 5.74) is 8.01. The van der Waals surface area contributed by atoms with Crippen LogP contribution in [0.1, 0.15) is 16.7 Å². The van der Waals surface area contributed by atoms with Crippen molar-refractivity contribution in [1.29, 1.82) is 0 Å². The van der Waals surface area contributed by atoms with Crippen LogP contribution in [0.5, 0.6) is 0 Å². The summed E-state index contributed by atoms with van der Waals surface area (Å²) < 4.78 is 1.20. The predicted molar refractivity (Wildman–Crippen MR) is 72.3 cm³/mol. The monoisotopic (exact) mass is 256 g/mol. The fourth-order valence-electron chi connectivity index (χ4n) is 1.82. The van der Waals surface area contributed by atoms with E-state index in [9.17, 15) is 0 Å². The van der Waals surface area contributed by atoms with Gasteiger partial charge < -0.3 is 5.73 Å². The zero-order valence-corrected chi connectivity index (χ0v) is 10.5. The summed E-state index contributed by atoms with van der Waals surface area (Å²) in [5, 5.41) is 1.04. The third kappa shape index (κ3) is 2.23. The zero-order valence-electron chi connectivity index (χ0n) is 9.65. The normalized spacial score (nSPS) is 12.7. The van der Waals surface area contributed by atoms with Crippen LogP contribution in [-0.4, -0.2) is 15.0 Å². The zero-order chi connectivity index (χ0) is 12.4. The first kappa shape index (κ1) is 11.3. The molecule has 5 heteroatoms. The molecule has 3 rings (SSSR count). The number of para-hydroxylation sites is 1. The first-order chi connectivity index (χ1) is 8.83. The molecule has 0 spiro atoms. The molecule has 2 heterocycles. The van der Waals surface area contributed by atoms with E-state index in [0.717, 1.165) is 16.2 Å². The molecule has 0 amide bonds. The Morgan fingerprint density at radius 3 is 2.89 bits per heavy atom. The predicted octanol–water partition coefficient (Wildman–Crippen LogP) is 2.33. The number of hydrogen-bond acceptors (Lipinski definition) is 5. The number of hydrogen-bond donors (Lipinski definition) is 1. The summed E-state index contributed by atoms with van der Waals surface area (Å²) >= 11 is 1.69. The SMILES string of the molecule is NC(Cc1nc2ccccc2s1)c1ccncn1. The second kappa shape index (κ2) is 4.80. The maximum absolute atomic E-state index is 6.13. The third-order valence-electron chi connectivity index (χ3n) is 2.72. The van der Waals surface area contributed by atoms with E-state index in [1.807, 2.05) is 24.3 Å². The average molecular weight is 256 g/mol. The van der Waals surface area contributed by atoms with E-state index >= 15 is 0 Å². The lowest BCUT2D eigenvalue weighted by Crippen LogP contribution is -2.14. The topological polar surface area (TPSA) is 64.7 Å². The molecule has 0 saturated carbocycles. The van der Waals surface area contributed by atoms with Crippen molar-refractivity contribution in [1.82, 2.24) is 15.0 Å². The van der Waals surface area contributed by atoms with Crippen molar-refractivity contribution >= 4 is 21.6 Å². The molecule has 0 aliphatic carbocycles. The Hall–Kier alpha value is -1.85. The molecular weight excluding hydrogens is 244 g/mol. The maximum atomic E-state index is 6.13. The van der Waals surface area contributed by atoms with Crippen molar-refractivity contribution in [2.45, 2.75) is 12.5 Å². The van der Waals surface area contributed by atoms with Crippen LogP contribution in [0.25, 0.3) is 10.2 Å². The fraction of sp³-hybridized carbons (Fsp3) is 0.154. The molecule has 2 aromatic heterocycles. The minimum absolute atomic E-state index is 0.131. The van der Waals surface area contributed by atoms with Gasteiger partial charge in [0, 0.05) is 12.6 Å². The number of nitrogens with two attached hydrogens (primary N) is 1. The molecule has 0 bridgehead atoms. The summed E-state index contributed by atoms with van der Waals surface area (Å²) in [5.74, 6) is 0. The molecule has 0 aliphatic rings. The Balaban J connectivity index is 1.84. The maximum Gasteiger partial charge on any atom is 0.115 e. The van der Waals surface area contributed by atoms with Gasteiger partial charge in [0.05, 0.1) is 27.0 Å². The quantitative estimate of drug-likeness (QED) is 0.781. The average Bonchev–Trinajstić information content (AvgIpc) is 2.82. The van der Waals surface area contributed by atoms with Crippen molar-refractivity contribution < 1.29 is 0 Å². The summed E-state index contributed by atoms with van der Waals surface area (Å²) in [7, 11) is 0. The van der Waals surface area contributed by atoms with Crippen LogP contribution in [0, 0.1) is 0 Å². The highest BCUT2D eigenvalue weighted by atomic mass is 32.1. The minimum Gasteiger partial charge on any atom is -0.322 e. The number of thiazole rings is 1. The van der Waals surface area contributed by atoms with Gasteiger partial charge in [-0.2, -0.15) is 0 Å². The third-order valence-corrected chi connectivity index (χ3v) is 3.78. The second-order valence-electron chi connectivity index (χ2n) is 4.02. The number of rotatable bonds is 3. The second-order valence-corrected chi connectivity index (χ2v) is 5.14. The molecule has 0 fully saturated rings. The Morgan fingerprint density at radius 2 is 2.11 bits per heavy atom. The van der Waals surface area contributed by atoms with Crippen molar-refractivity contribution in [3.8, 4) is 0 Å². The Kier molecular flexibility index (Phi) is 3.00. The summed E-state index contributed by atoms with van der Waals surface area (Å²) in [4.78, 5) is 12.6. The number of benzene rings is 1. The molecule has 18 heavy (non-hydrogen) atoms. The van der Waals surface area contributed by atoms with E-state index in [2.05, 4.69) is 21.0 Å². The minimum atomic E-state index is -0.131. The van der Waals surface area contributed by atoms with E-state index in [0.29, 0.717) is 6.42 Å². The molecule has 1 aromatic carbocycles. The summed E-state index contributed by atoms with van der Waals surface area (Å²) in [6, 6.07) is 9.83. The Bertz CT molecular complexity index is 617. The van der Waals surface area contributed by atoms with Crippen molar-refractivity contribution in [2.75, 3.05) is 0 Å². The number of fused-ring (bicyclic) bond motifs is 1. The number of nitrogens with zero attached hydrogens (tertiary/aromatic N) is 3. The van der Waals surface area contributed by atoms with Gasteiger partial charge in [0.2, 0.25) is 0 Å². The molecule has 90 valence electrons. The molecule has 4 nitrogen and oxygen atoms in total. The van der Waals surface area contributed by atoms with Crippen molar-refractivity contribution in [2.24, 2.45) is 5.73 Å². The largest absolute Gasteiger partial charge is 0.322 e. The van der Waals surface area contributed by atoms with Gasteiger partial charge in [-0.25, -0.2) is 15.0 Å². The molecule has 1 atom stereocenters. The van der Waals surface area contributed by atoms with E-state index in [1.165, 1.54) is 11.0 Å². The summed E-state index contributed by atoms with van der Waals surface area (Å²) in [6.07, 6.45) is 3.93. The van der Waals surface area contributed by atoms with Gasteiger partial charge in [-0.15, -0.1) is 11.3 Å². The van der Waals surface area contributed by atoms with Crippen LogP contribution in [0.4, 0.5) is 0 Å². The van der Waals surface area contributed by atoms with Gasteiger partial charge in [-0.3, -0.25) is 0 Å². The molecule has 1 unspecified atom stereocenters. The Labute approximate surface area is 109 Å². The van der Waals surface area contributed by atoms with Gasteiger partial charge in [0.15, 0.2) is 0 Å². The van der Waals surface area contributed by atoms with E-state index in [4.69, 9.17) is 5.73 Å². The van der Waals surface area contributed by atoms with Crippen LogP contribution in [0.15, 0.2) is 42.9 Å². The van der Waals surface area contributed by atoms with Crippen LogP contribution in [-0.2, 0) is 6.42 Å². The standard InChI is InChI=1S/C13H12N4S/c14-9(10-5-6-15-8-16-10)7-13-17-11-3-1-2-4-12(11)18-13/h1-6,8-9H,7,14H2. The van der Waals surface area contributed by atoms with E-state index < -0.39 is 0 Å². The van der Waals surface area contributed by atoms with Gasteiger partial charge in [-0.05, 0) is 18.2 Å². The molecule has 3 aromatic rings. The summed E-state index contributed by atoms with van der Waals surface area (Å²) in [6.45, 7) is 0. The molecule has 2 N–H and O–H groups in total. The van der Waals surface area contributed by atoms with Gasteiger partial charge >= 0.3 is 0 Å². The lowest BCUT2D eigenvalue weighted by Gasteiger charge is -2.07. The van der Waals surface area contributed by atoms with Crippen LogP contribution in [0.3, 0.4) is 0 Å². The van der Waals surface area contributed by atoms with E-state index in [1.54, 1.807) is 17.5 Å². The van der Waals surface area contributed by atoms with Crippen LogP contribution < -0.4 is 5.73 Å². The highest BCUT2D eigenvalue weighted by Crippen LogP contribution is 2.24. The van der Waals surface area contributed by atoms with E-state index in [-0.39, 0.29) is 6.04 Å². The van der Waals surface area contributed by atoms with Gasteiger partial charge in [0.25, 0.3) is 0 Å². The molecular formula is C13H12N4S. The molecule has 0 radical (unpaired) electrons.